The average molecular weight is 199 g/mol. The van der Waals surface area contributed by atoms with E-state index >= 15 is 0 Å². The van der Waals surface area contributed by atoms with Crippen molar-refractivity contribution in [2.45, 2.75) is 13.3 Å². The van der Waals surface area contributed by atoms with Gasteiger partial charge < -0.3 is 4.90 Å². The fraction of sp³-hybridized carbons (Fsp3) is 0.700. The topological polar surface area (TPSA) is 20.3 Å². The Morgan fingerprint density at radius 1 is 1.62 bits per heavy atom. The molecule has 1 aliphatic rings. The number of carbonyl (C=O) groups excluding carboxylic acids is 1. The molecular weight excluding hydrogens is 182 g/mol. The lowest BCUT2D eigenvalue weighted by Crippen LogP contribution is -2.40. The van der Waals surface area contributed by atoms with Crippen LogP contribution in [0.2, 0.25) is 0 Å². The van der Waals surface area contributed by atoms with Gasteiger partial charge in [-0.05, 0) is 6.42 Å². The molecule has 1 amide bonds. The number of carbonyl (C=O) groups is 1. The van der Waals surface area contributed by atoms with E-state index in [1.54, 1.807) is 0 Å². The zero-order chi connectivity index (χ0) is 9.68. The van der Waals surface area contributed by atoms with Crippen molar-refractivity contribution in [3.05, 3.63) is 12.7 Å². The van der Waals surface area contributed by atoms with Crippen LogP contribution in [0, 0.1) is 5.92 Å². The number of hydrogen-bond donors (Lipinski definition) is 0. The van der Waals surface area contributed by atoms with Crippen LogP contribution in [-0.4, -0.2) is 35.4 Å². The van der Waals surface area contributed by atoms with Gasteiger partial charge in [0.1, 0.15) is 0 Å². The summed E-state index contributed by atoms with van der Waals surface area (Å²) >= 11 is 1.93. The number of amides is 1. The average Bonchev–Trinajstić information content (AvgIpc) is 2.18. The molecule has 0 spiro atoms. The molecule has 3 heteroatoms. The summed E-state index contributed by atoms with van der Waals surface area (Å²) in [6, 6.07) is 0. The minimum absolute atomic E-state index is 0.112. The lowest BCUT2D eigenvalue weighted by Gasteiger charge is -2.28. The zero-order valence-electron chi connectivity index (χ0n) is 8.16. The molecule has 0 bridgehead atoms. The van der Waals surface area contributed by atoms with Crippen LogP contribution < -0.4 is 0 Å². The maximum absolute atomic E-state index is 11.8. The van der Waals surface area contributed by atoms with Crippen molar-refractivity contribution in [3.63, 3.8) is 0 Å². The van der Waals surface area contributed by atoms with E-state index < -0.39 is 0 Å². The van der Waals surface area contributed by atoms with Crippen LogP contribution in [0.5, 0.6) is 0 Å². The summed E-state index contributed by atoms with van der Waals surface area (Å²) in [6.07, 6.45) is 2.61. The van der Waals surface area contributed by atoms with Gasteiger partial charge in [-0.25, -0.2) is 0 Å². The van der Waals surface area contributed by atoms with Crippen molar-refractivity contribution >= 4 is 17.7 Å². The van der Waals surface area contributed by atoms with Gasteiger partial charge in [-0.1, -0.05) is 13.0 Å². The molecule has 1 saturated heterocycles. The fourth-order valence-corrected chi connectivity index (χ4v) is 2.35. The van der Waals surface area contributed by atoms with E-state index in [1.165, 1.54) is 0 Å². The third kappa shape index (κ3) is 3.07. The summed E-state index contributed by atoms with van der Waals surface area (Å²) in [4.78, 5) is 13.7. The maximum Gasteiger partial charge on any atom is 0.225 e. The van der Waals surface area contributed by atoms with E-state index in [4.69, 9.17) is 0 Å². The number of hydrogen-bond acceptors (Lipinski definition) is 2. The molecule has 0 aromatic carbocycles. The molecule has 0 saturated carbocycles. The van der Waals surface area contributed by atoms with Gasteiger partial charge >= 0.3 is 0 Å². The van der Waals surface area contributed by atoms with Crippen LogP contribution in [0.1, 0.15) is 13.3 Å². The van der Waals surface area contributed by atoms with Gasteiger partial charge in [-0.15, -0.1) is 6.58 Å². The molecule has 0 aliphatic carbocycles. The summed E-state index contributed by atoms with van der Waals surface area (Å²) < 4.78 is 0. The third-order valence-electron chi connectivity index (χ3n) is 2.26. The zero-order valence-corrected chi connectivity index (χ0v) is 8.98. The Balaban J connectivity index is 2.40. The van der Waals surface area contributed by atoms with E-state index in [9.17, 15) is 4.79 Å². The van der Waals surface area contributed by atoms with E-state index in [-0.39, 0.29) is 5.92 Å². The first-order valence-corrected chi connectivity index (χ1v) is 5.88. The lowest BCUT2D eigenvalue weighted by molar-refractivity contribution is -0.134. The summed E-state index contributed by atoms with van der Waals surface area (Å²) in [5, 5.41) is 0. The summed E-state index contributed by atoms with van der Waals surface area (Å²) in [5.41, 5.74) is 0. The van der Waals surface area contributed by atoms with Gasteiger partial charge in [0.15, 0.2) is 0 Å². The predicted molar refractivity (Wildman–Crippen MR) is 57.9 cm³/mol. The largest absolute Gasteiger partial charge is 0.341 e. The minimum atomic E-state index is 0.112. The molecular formula is C10H17NOS. The molecule has 74 valence electrons. The fourth-order valence-electron chi connectivity index (χ4n) is 1.45. The van der Waals surface area contributed by atoms with E-state index in [2.05, 4.69) is 6.58 Å². The summed E-state index contributed by atoms with van der Waals surface area (Å²) in [7, 11) is 0. The van der Waals surface area contributed by atoms with Crippen LogP contribution in [-0.2, 0) is 4.79 Å². The van der Waals surface area contributed by atoms with Crippen molar-refractivity contribution in [3.8, 4) is 0 Å². The molecule has 0 N–H and O–H groups in total. The Labute approximate surface area is 84.4 Å². The standard InChI is InChI=1S/C10H17NOS/c1-3-4-9(2)10(12)11-5-7-13-8-6-11/h3,9H,1,4-8H2,2H3/t9-/m0/s1. The van der Waals surface area contributed by atoms with Crippen molar-refractivity contribution in [1.82, 2.24) is 4.90 Å². The number of thioether (sulfide) groups is 1. The van der Waals surface area contributed by atoms with E-state index in [0.717, 1.165) is 31.0 Å². The Kier molecular flexibility index (Phi) is 4.36. The molecule has 0 unspecified atom stereocenters. The second kappa shape index (κ2) is 5.32. The highest BCUT2D eigenvalue weighted by Gasteiger charge is 2.20. The second-order valence-electron chi connectivity index (χ2n) is 3.36. The quantitative estimate of drug-likeness (QED) is 0.646. The van der Waals surface area contributed by atoms with E-state index in [0.29, 0.717) is 5.91 Å². The summed E-state index contributed by atoms with van der Waals surface area (Å²) in [6.45, 7) is 7.47. The molecule has 1 atom stereocenters. The highest BCUT2D eigenvalue weighted by atomic mass is 32.2. The minimum Gasteiger partial charge on any atom is -0.341 e. The molecule has 1 fully saturated rings. The Bertz CT molecular complexity index is 187. The van der Waals surface area contributed by atoms with Gasteiger partial charge in [-0.2, -0.15) is 11.8 Å². The molecule has 1 rings (SSSR count). The van der Waals surface area contributed by atoms with E-state index in [1.807, 2.05) is 29.7 Å². The third-order valence-corrected chi connectivity index (χ3v) is 3.21. The molecule has 1 heterocycles. The monoisotopic (exact) mass is 199 g/mol. The lowest BCUT2D eigenvalue weighted by atomic mass is 10.1. The van der Waals surface area contributed by atoms with Crippen LogP contribution >= 0.6 is 11.8 Å². The maximum atomic E-state index is 11.8. The van der Waals surface area contributed by atoms with Crippen molar-refractivity contribution in [1.29, 1.82) is 0 Å². The van der Waals surface area contributed by atoms with Crippen LogP contribution in [0.15, 0.2) is 12.7 Å². The highest BCUT2D eigenvalue weighted by Crippen LogP contribution is 2.14. The van der Waals surface area contributed by atoms with Crippen LogP contribution in [0.4, 0.5) is 0 Å². The predicted octanol–water partition coefficient (Wildman–Crippen LogP) is 1.77. The van der Waals surface area contributed by atoms with Crippen LogP contribution in [0.25, 0.3) is 0 Å². The first kappa shape index (κ1) is 10.6. The van der Waals surface area contributed by atoms with Crippen molar-refractivity contribution in [2.24, 2.45) is 5.92 Å². The second-order valence-corrected chi connectivity index (χ2v) is 4.59. The van der Waals surface area contributed by atoms with Gasteiger partial charge in [-0.3, -0.25) is 4.79 Å². The number of nitrogens with zero attached hydrogens (tertiary/aromatic N) is 1. The normalized spacial score (nSPS) is 19.6. The number of allylic oxidation sites excluding steroid dienone is 1. The molecule has 0 radical (unpaired) electrons. The highest BCUT2D eigenvalue weighted by molar-refractivity contribution is 7.99. The summed E-state index contributed by atoms with van der Waals surface area (Å²) in [5.74, 6) is 2.58. The molecule has 0 aromatic heterocycles. The van der Waals surface area contributed by atoms with Crippen molar-refractivity contribution < 1.29 is 4.79 Å². The molecule has 2 nitrogen and oxygen atoms in total. The van der Waals surface area contributed by atoms with Gasteiger partial charge in [0.2, 0.25) is 5.91 Å². The molecule has 13 heavy (non-hydrogen) atoms. The van der Waals surface area contributed by atoms with Crippen LogP contribution in [0.3, 0.4) is 0 Å². The first-order chi connectivity index (χ1) is 6.25. The Morgan fingerprint density at radius 3 is 2.77 bits per heavy atom. The van der Waals surface area contributed by atoms with Gasteiger partial charge in [0, 0.05) is 30.5 Å². The Hall–Kier alpha value is -0.440. The Morgan fingerprint density at radius 2 is 2.23 bits per heavy atom. The number of rotatable bonds is 3. The van der Waals surface area contributed by atoms with Gasteiger partial charge in [0.25, 0.3) is 0 Å². The van der Waals surface area contributed by atoms with Crippen molar-refractivity contribution in [2.75, 3.05) is 24.6 Å². The smallest absolute Gasteiger partial charge is 0.225 e. The molecule has 0 aromatic rings. The van der Waals surface area contributed by atoms with Gasteiger partial charge in [0.05, 0.1) is 0 Å². The first-order valence-electron chi connectivity index (χ1n) is 4.73. The SMILES string of the molecule is C=CC[C@H](C)C(=O)N1CCSCC1. The molecule has 1 aliphatic heterocycles.